The number of rotatable bonds is 7. The lowest BCUT2D eigenvalue weighted by Crippen LogP contribution is -2.46. The van der Waals surface area contributed by atoms with Gasteiger partial charge in [-0.15, -0.1) is 0 Å². The molecule has 0 aliphatic rings. The van der Waals surface area contributed by atoms with Gasteiger partial charge in [0.05, 0.1) is 0 Å². The summed E-state index contributed by atoms with van der Waals surface area (Å²) in [6.07, 6.45) is -0.799. The summed E-state index contributed by atoms with van der Waals surface area (Å²) in [5, 5.41) is 11.4. The van der Waals surface area contributed by atoms with Crippen molar-refractivity contribution in [2.75, 3.05) is 14.2 Å². The van der Waals surface area contributed by atoms with E-state index in [2.05, 4.69) is 5.32 Å². The van der Waals surface area contributed by atoms with E-state index in [1.54, 1.807) is 24.3 Å². The van der Waals surface area contributed by atoms with Crippen molar-refractivity contribution in [3.05, 3.63) is 35.9 Å². The SMILES string of the molecule is COC(C)(OC)OC(=O)N[C@@H](Cc1ccccc1)C(=O)O. The Morgan fingerprint density at radius 2 is 1.81 bits per heavy atom. The minimum Gasteiger partial charge on any atom is -0.480 e. The number of alkyl carbamates (subject to hydrolysis) is 1. The van der Waals surface area contributed by atoms with Crippen LogP contribution in [0, 0.1) is 0 Å². The fourth-order valence-corrected chi connectivity index (χ4v) is 1.56. The number of hydrogen-bond donors (Lipinski definition) is 2. The van der Waals surface area contributed by atoms with Crippen molar-refractivity contribution < 1.29 is 28.9 Å². The van der Waals surface area contributed by atoms with E-state index in [9.17, 15) is 9.59 Å². The molecular weight excluding hydrogens is 278 g/mol. The molecule has 0 saturated heterocycles. The first-order valence-electron chi connectivity index (χ1n) is 6.26. The zero-order valence-electron chi connectivity index (χ0n) is 12.2. The molecule has 0 aliphatic carbocycles. The largest absolute Gasteiger partial charge is 0.480 e. The lowest BCUT2D eigenvalue weighted by atomic mass is 10.1. The second-order valence-corrected chi connectivity index (χ2v) is 4.39. The van der Waals surface area contributed by atoms with Gasteiger partial charge in [0.15, 0.2) is 0 Å². The van der Waals surface area contributed by atoms with Gasteiger partial charge in [0, 0.05) is 27.6 Å². The average Bonchev–Trinajstić information content (AvgIpc) is 2.47. The molecule has 0 fully saturated rings. The number of benzene rings is 1. The van der Waals surface area contributed by atoms with Crippen LogP contribution >= 0.6 is 0 Å². The highest BCUT2D eigenvalue weighted by Gasteiger charge is 2.30. The standard InChI is InChI=1S/C14H19NO6/c1-14(19-2,20-3)21-13(18)15-11(12(16)17)9-10-7-5-4-6-8-10/h4-8,11H,9H2,1-3H3,(H,15,18)(H,16,17)/t11-/m0/s1. The number of hydrogen-bond acceptors (Lipinski definition) is 5. The highest BCUT2D eigenvalue weighted by atomic mass is 16.9. The van der Waals surface area contributed by atoms with Gasteiger partial charge in [-0.2, -0.15) is 0 Å². The number of carboxylic acids is 1. The Morgan fingerprint density at radius 1 is 1.24 bits per heavy atom. The smallest absolute Gasteiger partial charge is 0.412 e. The van der Waals surface area contributed by atoms with E-state index >= 15 is 0 Å². The second kappa shape index (κ2) is 7.61. The lowest BCUT2D eigenvalue weighted by molar-refractivity contribution is -0.322. The molecule has 1 aromatic rings. The third-order valence-electron chi connectivity index (χ3n) is 2.89. The molecule has 1 atom stereocenters. The van der Waals surface area contributed by atoms with Crippen LogP contribution in [0.2, 0.25) is 0 Å². The Kier molecular flexibility index (Phi) is 6.13. The van der Waals surface area contributed by atoms with Gasteiger partial charge in [0.2, 0.25) is 0 Å². The summed E-state index contributed by atoms with van der Waals surface area (Å²) in [6, 6.07) is 7.84. The summed E-state index contributed by atoms with van der Waals surface area (Å²) in [5.74, 6) is -2.73. The molecule has 7 nitrogen and oxygen atoms in total. The van der Waals surface area contributed by atoms with Crippen molar-refractivity contribution in [2.45, 2.75) is 25.4 Å². The molecule has 116 valence electrons. The third-order valence-corrected chi connectivity index (χ3v) is 2.89. The first-order valence-corrected chi connectivity index (χ1v) is 6.26. The number of aliphatic carboxylic acids is 1. The predicted octanol–water partition coefficient (Wildman–Crippen LogP) is 1.37. The van der Waals surface area contributed by atoms with Gasteiger partial charge in [0.1, 0.15) is 6.04 Å². The maximum absolute atomic E-state index is 11.7. The van der Waals surface area contributed by atoms with Crippen LogP contribution in [0.3, 0.4) is 0 Å². The number of carboxylic acid groups (broad SMARTS) is 1. The number of carbonyl (C=O) groups excluding carboxylic acids is 1. The van der Waals surface area contributed by atoms with E-state index in [0.29, 0.717) is 0 Å². The van der Waals surface area contributed by atoms with Crippen molar-refractivity contribution in [3.8, 4) is 0 Å². The molecule has 0 radical (unpaired) electrons. The van der Waals surface area contributed by atoms with Gasteiger partial charge in [0.25, 0.3) is 0 Å². The normalized spacial score (nSPS) is 12.5. The number of methoxy groups -OCH3 is 2. The van der Waals surface area contributed by atoms with E-state index in [1.165, 1.54) is 21.1 Å². The Labute approximate surface area is 122 Å². The van der Waals surface area contributed by atoms with Crippen molar-refractivity contribution in [1.29, 1.82) is 0 Å². The van der Waals surface area contributed by atoms with E-state index in [4.69, 9.17) is 19.3 Å². The van der Waals surface area contributed by atoms with Crippen molar-refractivity contribution in [2.24, 2.45) is 0 Å². The zero-order valence-corrected chi connectivity index (χ0v) is 12.2. The number of carbonyl (C=O) groups is 2. The van der Waals surface area contributed by atoms with Crippen LogP contribution in [0.25, 0.3) is 0 Å². The van der Waals surface area contributed by atoms with Gasteiger partial charge < -0.3 is 24.6 Å². The summed E-state index contributed by atoms with van der Waals surface area (Å²) in [6.45, 7) is 1.39. The first kappa shape index (κ1) is 16.9. The predicted molar refractivity (Wildman–Crippen MR) is 73.6 cm³/mol. The number of nitrogens with one attached hydrogen (secondary N) is 1. The van der Waals surface area contributed by atoms with Crippen LogP contribution in [0.1, 0.15) is 12.5 Å². The first-order chi connectivity index (χ1) is 9.90. The van der Waals surface area contributed by atoms with Crippen molar-refractivity contribution >= 4 is 12.1 Å². The molecule has 0 unspecified atom stereocenters. The zero-order chi connectivity index (χ0) is 15.9. The Hall–Kier alpha value is -2.12. The summed E-state index contributed by atoms with van der Waals surface area (Å²) >= 11 is 0. The molecule has 0 bridgehead atoms. The second-order valence-electron chi connectivity index (χ2n) is 4.39. The number of amides is 1. The van der Waals surface area contributed by atoms with E-state index in [0.717, 1.165) is 5.56 Å². The maximum Gasteiger partial charge on any atom is 0.412 e. The molecule has 21 heavy (non-hydrogen) atoms. The Bertz CT molecular complexity index is 472. The van der Waals surface area contributed by atoms with Gasteiger partial charge in [-0.1, -0.05) is 30.3 Å². The number of ether oxygens (including phenoxy) is 3. The quantitative estimate of drug-likeness (QED) is 0.738. The average molecular weight is 297 g/mol. The molecule has 1 aromatic carbocycles. The van der Waals surface area contributed by atoms with Gasteiger partial charge in [-0.3, -0.25) is 0 Å². The van der Waals surface area contributed by atoms with Gasteiger partial charge >= 0.3 is 18.0 Å². The monoisotopic (exact) mass is 297 g/mol. The highest BCUT2D eigenvalue weighted by Crippen LogP contribution is 2.12. The van der Waals surface area contributed by atoms with Gasteiger partial charge in [-0.25, -0.2) is 9.59 Å². The summed E-state index contributed by atoms with van der Waals surface area (Å²) in [5.41, 5.74) is 0.784. The molecular formula is C14H19NO6. The van der Waals surface area contributed by atoms with Crippen LogP contribution in [0.4, 0.5) is 4.79 Å². The lowest BCUT2D eigenvalue weighted by Gasteiger charge is -2.26. The minimum atomic E-state index is -1.57. The summed E-state index contributed by atoms with van der Waals surface area (Å²) in [7, 11) is 2.60. The van der Waals surface area contributed by atoms with Gasteiger partial charge in [-0.05, 0) is 5.56 Å². The third kappa shape index (κ3) is 5.41. The van der Waals surface area contributed by atoms with Crippen LogP contribution < -0.4 is 5.32 Å². The van der Waals surface area contributed by atoms with Crippen molar-refractivity contribution in [3.63, 3.8) is 0 Å². The Morgan fingerprint density at radius 3 is 2.29 bits per heavy atom. The molecule has 7 heteroatoms. The van der Waals surface area contributed by atoms with E-state index in [1.807, 2.05) is 6.07 Å². The van der Waals surface area contributed by atoms with E-state index in [-0.39, 0.29) is 6.42 Å². The van der Waals surface area contributed by atoms with Crippen LogP contribution in [0.5, 0.6) is 0 Å². The fourth-order valence-electron chi connectivity index (χ4n) is 1.56. The maximum atomic E-state index is 11.7. The van der Waals surface area contributed by atoms with Crippen LogP contribution in [-0.4, -0.2) is 43.4 Å². The molecule has 0 saturated carbocycles. The topological polar surface area (TPSA) is 94.1 Å². The van der Waals surface area contributed by atoms with E-state index < -0.39 is 24.1 Å². The highest BCUT2D eigenvalue weighted by molar-refractivity contribution is 5.80. The molecule has 0 spiro atoms. The van der Waals surface area contributed by atoms with Crippen LogP contribution in [-0.2, 0) is 25.4 Å². The molecule has 0 aromatic heterocycles. The fraction of sp³-hybridized carbons (Fsp3) is 0.429. The minimum absolute atomic E-state index is 0.141. The Balaban J connectivity index is 2.67. The molecule has 2 N–H and O–H groups in total. The molecule has 1 rings (SSSR count). The van der Waals surface area contributed by atoms with Crippen LogP contribution in [0.15, 0.2) is 30.3 Å². The molecule has 1 amide bonds. The molecule has 0 heterocycles. The summed E-state index contributed by atoms with van der Waals surface area (Å²) < 4.78 is 14.6. The van der Waals surface area contributed by atoms with Crippen molar-refractivity contribution in [1.82, 2.24) is 5.32 Å². The molecule has 0 aliphatic heterocycles. The summed E-state index contributed by atoms with van der Waals surface area (Å²) in [4.78, 5) is 22.9.